The van der Waals surface area contributed by atoms with Crippen LogP contribution in [0, 0.1) is 0 Å². The number of thiophene rings is 1. The summed E-state index contributed by atoms with van der Waals surface area (Å²) >= 11 is 1.79. The average Bonchev–Trinajstić information content (AvgIpc) is 3.45. The van der Waals surface area contributed by atoms with Crippen molar-refractivity contribution >= 4 is 23.2 Å². The molecule has 8 heteroatoms. The molecule has 0 radical (unpaired) electrons. The molecule has 146 valence electrons. The quantitative estimate of drug-likeness (QED) is 0.475. The maximum Gasteiger partial charge on any atom is 0.239 e. The summed E-state index contributed by atoms with van der Waals surface area (Å²) in [5, 5.41) is 11.4. The number of furan rings is 1. The Morgan fingerprint density at radius 1 is 1.26 bits per heavy atom. The van der Waals surface area contributed by atoms with Crippen molar-refractivity contribution in [1.82, 2.24) is 20.9 Å². The smallest absolute Gasteiger partial charge is 0.239 e. The third-order valence-electron chi connectivity index (χ3n) is 4.60. The number of nitrogens with zero attached hydrogens (tertiary/aromatic N) is 2. The lowest BCUT2D eigenvalue weighted by Gasteiger charge is -2.27. The Morgan fingerprint density at radius 2 is 2.11 bits per heavy atom. The maximum atomic E-state index is 12.0. The van der Waals surface area contributed by atoms with Crippen molar-refractivity contribution in [2.75, 3.05) is 33.2 Å². The fourth-order valence-corrected chi connectivity index (χ4v) is 4.04. The highest BCUT2D eigenvalue weighted by molar-refractivity contribution is 7.10. The minimum Gasteiger partial charge on any atom is -0.467 e. The minimum atomic E-state index is -0.108. The number of carbonyl (C=O) groups excluding carboxylic acids is 1. The minimum absolute atomic E-state index is 0.108. The van der Waals surface area contributed by atoms with E-state index >= 15 is 0 Å². The van der Waals surface area contributed by atoms with Crippen LogP contribution in [0.25, 0.3) is 0 Å². The zero-order chi connectivity index (χ0) is 18.9. The lowest BCUT2D eigenvalue weighted by molar-refractivity contribution is -0.120. The topological polar surface area (TPSA) is 81.9 Å². The highest BCUT2D eigenvalue weighted by Crippen LogP contribution is 2.27. The second kappa shape index (κ2) is 10.1. The van der Waals surface area contributed by atoms with Gasteiger partial charge >= 0.3 is 0 Å². The Hall–Kier alpha value is -2.32. The van der Waals surface area contributed by atoms with Crippen molar-refractivity contribution in [3.63, 3.8) is 0 Å². The Labute approximate surface area is 163 Å². The van der Waals surface area contributed by atoms with E-state index < -0.39 is 0 Å². The van der Waals surface area contributed by atoms with E-state index in [1.165, 1.54) is 17.7 Å². The number of rotatable bonds is 8. The molecule has 1 fully saturated rings. The number of amides is 1. The number of aliphatic imine (C=N–C) groups is 1. The maximum absolute atomic E-state index is 12.0. The number of carbonyl (C=O) groups is 1. The molecule has 1 aliphatic rings. The highest BCUT2D eigenvalue weighted by atomic mass is 32.1. The molecule has 27 heavy (non-hydrogen) atoms. The Morgan fingerprint density at radius 3 is 2.78 bits per heavy atom. The van der Waals surface area contributed by atoms with Gasteiger partial charge < -0.3 is 20.4 Å². The van der Waals surface area contributed by atoms with Crippen LogP contribution in [0.2, 0.25) is 0 Å². The number of hydrogen-bond acceptors (Lipinski definition) is 5. The van der Waals surface area contributed by atoms with Crippen LogP contribution in [0.15, 0.2) is 45.3 Å². The molecular weight excluding hydrogens is 362 g/mol. The first kappa shape index (κ1) is 19.4. The van der Waals surface area contributed by atoms with E-state index in [0.717, 1.165) is 25.4 Å². The van der Waals surface area contributed by atoms with E-state index in [1.807, 2.05) is 6.07 Å². The molecular formula is C19H27N5O2S. The Kier molecular flexibility index (Phi) is 7.29. The van der Waals surface area contributed by atoms with Gasteiger partial charge in [-0.25, -0.2) is 0 Å². The van der Waals surface area contributed by atoms with Gasteiger partial charge in [-0.15, -0.1) is 11.3 Å². The second-order valence-electron chi connectivity index (χ2n) is 6.44. The second-order valence-corrected chi connectivity index (χ2v) is 7.42. The molecule has 7 nitrogen and oxygen atoms in total. The predicted octanol–water partition coefficient (Wildman–Crippen LogP) is 1.96. The third-order valence-corrected chi connectivity index (χ3v) is 5.57. The van der Waals surface area contributed by atoms with Crippen LogP contribution in [-0.4, -0.2) is 50.0 Å². The molecule has 1 aliphatic heterocycles. The molecule has 0 bridgehead atoms. The lowest BCUT2D eigenvalue weighted by Crippen LogP contribution is -2.45. The van der Waals surface area contributed by atoms with Gasteiger partial charge in [0.15, 0.2) is 5.96 Å². The molecule has 1 atom stereocenters. The van der Waals surface area contributed by atoms with Crippen molar-refractivity contribution in [1.29, 1.82) is 0 Å². The molecule has 0 saturated carbocycles. The molecule has 1 unspecified atom stereocenters. The summed E-state index contributed by atoms with van der Waals surface area (Å²) < 4.78 is 5.20. The van der Waals surface area contributed by atoms with Gasteiger partial charge in [0, 0.05) is 18.5 Å². The zero-order valence-corrected chi connectivity index (χ0v) is 16.4. The van der Waals surface area contributed by atoms with E-state index in [-0.39, 0.29) is 12.5 Å². The molecule has 3 heterocycles. The fraction of sp³-hybridized carbons (Fsp3) is 0.474. The summed E-state index contributed by atoms with van der Waals surface area (Å²) in [5.41, 5.74) is 0. The molecule has 3 N–H and O–H groups in total. The number of likely N-dealkylation sites (tertiary alicyclic amines) is 1. The van der Waals surface area contributed by atoms with E-state index in [0.29, 0.717) is 18.5 Å². The van der Waals surface area contributed by atoms with Gasteiger partial charge in [0.1, 0.15) is 5.76 Å². The molecule has 1 saturated heterocycles. The zero-order valence-electron chi connectivity index (χ0n) is 15.6. The van der Waals surface area contributed by atoms with Crippen LogP contribution in [0.4, 0.5) is 0 Å². The lowest BCUT2D eigenvalue weighted by atomic mass is 10.2. The highest BCUT2D eigenvalue weighted by Gasteiger charge is 2.24. The normalized spacial score (nSPS) is 16.3. The van der Waals surface area contributed by atoms with Crippen molar-refractivity contribution < 1.29 is 9.21 Å². The van der Waals surface area contributed by atoms with E-state index in [4.69, 9.17) is 4.42 Å². The summed E-state index contributed by atoms with van der Waals surface area (Å²) in [7, 11) is 1.71. The summed E-state index contributed by atoms with van der Waals surface area (Å²) in [5.74, 6) is 1.25. The summed E-state index contributed by atoms with van der Waals surface area (Å²) in [6.07, 6.45) is 4.10. The first-order chi connectivity index (χ1) is 13.3. The van der Waals surface area contributed by atoms with Crippen molar-refractivity contribution in [3.8, 4) is 0 Å². The van der Waals surface area contributed by atoms with Crippen LogP contribution in [0.1, 0.15) is 29.5 Å². The number of guanidine groups is 1. The first-order valence-corrected chi connectivity index (χ1v) is 10.2. The van der Waals surface area contributed by atoms with Crippen molar-refractivity contribution in [3.05, 3.63) is 46.5 Å². The van der Waals surface area contributed by atoms with Gasteiger partial charge in [0.05, 0.1) is 25.4 Å². The fourth-order valence-electron chi connectivity index (χ4n) is 3.18. The molecule has 2 aromatic rings. The molecule has 0 spiro atoms. The average molecular weight is 390 g/mol. The Bertz CT molecular complexity index is 709. The van der Waals surface area contributed by atoms with Gasteiger partial charge in [-0.05, 0) is 49.5 Å². The number of nitrogens with one attached hydrogen (secondary N) is 3. The van der Waals surface area contributed by atoms with Gasteiger partial charge in [-0.2, -0.15) is 0 Å². The van der Waals surface area contributed by atoms with E-state index in [2.05, 4.69) is 43.4 Å². The molecule has 2 aromatic heterocycles. The third kappa shape index (κ3) is 5.83. The Balaban J connectivity index is 1.45. The van der Waals surface area contributed by atoms with Gasteiger partial charge in [0.2, 0.25) is 5.91 Å². The van der Waals surface area contributed by atoms with Gasteiger partial charge in [-0.3, -0.25) is 14.7 Å². The first-order valence-electron chi connectivity index (χ1n) is 9.27. The van der Waals surface area contributed by atoms with Crippen molar-refractivity contribution in [2.24, 2.45) is 4.99 Å². The SMILES string of the molecule is CN=C(NCC(=O)NCc1ccco1)NCC(c1cccs1)N1CCCC1. The monoisotopic (exact) mass is 389 g/mol. The van der Waals surface area contributed by atoms with Crippen molar-refractivity contribution in [2.45, 2.75) is 25.4 Å². The molecule has 1 amide bonds. The van der Waals surface area contributed by atoms with Crippen LogP contribution in [0.5, 0.6) is 0 Å². The molecule has 0 aromatic carbocycles. The van der Waals surface area contributed by atoms with Gasteiger partial charge in [-0.1, -0.05) is 6.07 Å². The predicted molar refractivity (Wildman–Crippen MR) is 108 cm³/mol. The molecule has 3 rings (SSSR count). The van der Waals surface area contributed by atoms with Crippen LogP contribution >= 0.6 is 11.3 Å². The molecule has 0 aliphatic carbocycles. The summed E-state index contributed by atoms with van der Waals surface area (Å²) in [4.78, 5) is 20.1. The summed E-state index contributed by atoms with van der Waals surface area (Å²) in [6, 6.07) is 8.25. The summed E-state index contributed by atoms with van der Waals surface area (Å²) in [6.45, 7) is 3.56. The largest absolute Gasteiger partial charge is 0.467 e. The van der Waals surface area contributed by atoms with Crippen LogP contribution in [-0.2, 0) is 11.3 Å². The number of hydrogen-bond donors (Lipinski definition) is 3. The standard InChI is InChI=1S/C19H27N5O2S/c1-20-19(23-14-18(25)21-12-15-6-4-10-26-15)22-13-16(17-7-5-11-27-17)24-8-2-3-9-24/h4-7,10-11,16H,2-3,8-9,12-14H2,1H3,(H,21,25)(H2,20,22,23). The van der Waals surface area contributed by atoms with Crippen LogP contribution < -0.4 is 16.0 Å². The van der Waals surface area contributed by atoms with E-state index in [1.54, 1.807) is 30.7 Å². The van der Waals surface area contributed by atoms with E-state index in [9.17, 15) is 4.79 Å². The van der Waals surface area contributed by atoms with Crippen LogP contribution in [0.3, 0.4) is 0 Å². The van der Waals surface area contributed by atoms with Gasteiger partial charge in [0.25, 0.3) is 0 Å².